The minimum absolute atomic E-state index is 0.00318. The van der Waals surface area contributed by atoms with Gasteiger partial charge in [-0.2, -0.15) is 0 Å². The number of nitrogens with zero attached hydrogens (tertiary/aromatic N) is 2. The van der Waals surface area contributed by atoms with E-state index >= 15 is 0 Å². The number of amides is 3. The molecule has 7 nitrogen and oxygen atoms in total. The molecule has 2 aliphatic rings. The number of rotatable bonds is 7. The van der Waals surface area contributed by atoms with Gasteiger partial charge in [0, 0.05) is 56.3 Å². The highest BCUT2D eigenvalue weighted by molar-refractivity contribution is 5.77. The molecule has 178 valence electrons. The summed E-state index contributed by atoms with van der Waals surface area (Å²) in [6, 6.07) is 2.02. The molecule has 1 saturated heterocycles. The first-order valence-electron chi connectivity index (χ1n) is 10.6. The first kappa shape index (κ1) is 24.1. The number of urea groups is 1. The molecule has 0 spiro atoms. The van der Waals surface area contributed by atoms with E-state index < -0.39 is 24.0 Å². The summed E-state index contributed by atoms with van der Waals surface area (Å²) in [7, 11) is 0. The topological polar surface area (TPSA) is 82.1 Å². The van der Waals surface area contributed by atoms with E-state index in [4.69, 9.17) is 0 Å². The third kappa shape index (κ3) is 6.24. The molecule has 11 heteroatoms. The number of aliphatic hydroxyl groups is 1. The fourth-order valence-corrected chi connectivity index (χ4v) is 4.05. The first-order valence-corrected chi connectivity index (χ1v) is 10.6. The van der Waals surface area contributed by atoms with E-state index in [0.717, 1.165) is 25.0 Å². The molecule has 2 unspecified atom stereocenters. The van der Waals surface area contributed by atoms with Gasteiger partial charge in [0.1, 0.15) is 11.6 Å². The minimum Gasteiger partial charge on any atom is -0.406 e. The molecular formula is C21H27F4N3O4. The van der Waals surface area contributed by atoms with Crippen molar-refractivity contribution in [3.63, 3.8) is 0 Å². The van der Waals surface area contributed by atoms with E-state index in [1.165, 1.54) is 0 Å². The summed E-state index contributed by atoms with van der Waals surface area (Å²) >= 11 is 0. The lowest BCUT2D eigenvalue weighted by Crippen LogP contribution is -2.57. The Morgan fingerprint density at radius 1 is 1.25 bits per heavy atom. The van der Waals surface area contributed by atoms with E-state index in [-0.39, 0.29) is 42.6 Å². The van der Waals surface area contributed by atoms with Gasteiger partial charge in [0.25, 0.3) is 0 Å². The number of hydrogen-bond donors (Lipinski definition) is 2. The van der Waals surface area contributed by atoms with Crippen LogP contribution in [0.2, 0.25) is 0 Å². The monoisotopic (exact) mass is 461 g/mol. The molecule has 0 bridgehead atoms. The Hall–Kier alpha value is -2.56. The smallest absolute Gasteiger partial charge is 0.406 e. The fraction of sp³-hybridized carbons (Fsp3) is 0.619. The van der Waals surface area contributed by atoms with Gasteiger partial charge in [-0.25, -0.2) is 9.18 Å². The second kappa shape index (κ2) is 9.93. The highest BCUT2D eigenvalue weighted by atomic mass is 19.4. The summed E-state index contributed by atoms with van der Waals surface area (Å²) in [4.78, 5) is 28.5. The molecule has 3 amide bonds. The number of piperidine rings is 1. The fourth-order valence-electron chi connectivity index (χ4n) is 4.05. The molecule has 1 aromatic rings. The second-order valence-corrected chi connectivity index (χ2v) is 8.19. The number of aliphatic hydroxyl groups excluding tert-OH is 1. The van der Waals surface area contributed by atoms with Crippen LogP contribution < -0.4 is 10.1 Å². The van der Waals surface area contributed by atoms with Crippen molar-refractivity contribution in [3.8, 4) is 5.75 Å². The molecule has 1 aliphatic carbocycles. The summed E-state index contributed by atoms with van der Waals surface area (Å²) in [6.07, 6.45) is -2.42. The summed E-state index contributed by atoms with van der Waals surface area (Å²) in [5, 5.41) is 12.3. The Balaban J connectivity index is 1.66. The van der Waals surface area contributed by atoms with Crippen molar-refractivity contribution in [2.75, 3.05) is 19.7 Å². The average Bonchev–Trinajstić information content (AvgIpc) is 3.56. The zero-order valence-corrected chi connectivity index (χ0v) is 17.7. The Kier molecular flexibility index (Phi) is 7.47. The van der Waals surface area contributed by atoms with Crippen LogP contribution in [0.4, 0.5) is 22.4 Å². The van der Waals surface area contributed by atoms with Gasteiger partial charge < -0.3 is 25.0 Å². The predicted molar refractivity (Wildman–Crippen MR) is 106 cm³/mol. The molecule has 1 heterocycles. The molecule has 0 radical (unpaired) electrons. The third-order valence-electron chi connectivity index (χ3n) is 5.68. The maximum atomic E-state index is 14.2. The SMILES string of the molecule is CCC(=O)N1CC(CO)CC(N(C(=O)NCc2ccc(OC(F)(F)F)cc2F)C2CC2)C1. The molecule has 2 fully saturated rings. The number of likely N-dealkylation sites (tertiary alicyclic amines) is 1. The quantitative estimate of drug-likeness (QED) is 0.612. The summed E-state index contributed by atoms with van der Waals surface area (Å²) < 4.78 is 54.7. The third-order valence-corrected chi connectivity index (χ3v) is 5.68. The van der Waals surface area contributed by atoms with E-state index in [9.17, 15) is 32.3 Å². The Labute approximate surface area is 183 Å². The van der Waals surface area contributed by atoms with Crippen molar-refractivity contribution in [1.29, 1.82) is 0 Å². The molecule has 1 saturated carbocycles. The summed E-state index contributed by atoms with van der Waals surface area (Å²) in [5.74, 6) is -1.80. The molecule has 32 heavy (non-hydrogen) atoms. The lowest BCUT2D eigenvalue weighted by Gasteiger charge is -2.42. The molecule has 2 N–H and O–H groups in total. The lowest BCUT2D eigenvalue weighted by molar-refractivity contribution is -0.274. The van der Waals surface area contributed by atoms with Crippen LogP contribution >= 0.6 is 0 Å². The van der Waals surface area contributed by atoms with Crippen molar-refractivity contribution in [2.45, 2.75) is 57.6 Å². The van der Waals surface area contributed by atoms with Crippen molar-refractivity contribution in [3.05, 3.63) is 29.6 Å². The number of halogens is 4. The van der Waals surface area contributed by atoms with Crippen molar-refractivity contribution < 1.29 is 37.0 Å². The van der Waals surface area contributed by atoms with E-state index in [1.807, 2.05) is 0 Å². The van der Waals surface area contributed by atoms with Crippen LogP contribution in [0.3, 0.4) is 0 Å². The highest BCUT2D eigenvalue weighted by Crippen LogP contribution is 2.33. The predicted octanol–water partition coefficient (Wildman–Crippen LogP) is 3.02. The number of hydrogen-bond acceptors (Lipinski definition) is 4. The van der Waals surface area contributed by atoms with Gasteiger partial charge in [0.15, 0.2) is 0 Å². The largest absolute Gasteiger partial charge is 0.573 e. The molecule has 0 aromatic heterocycles. The zero-order valence-electron chi connectivity index (χ0n) is 17.7. The average molecular weight is 461 g/mol. The minimum atomic E-state index is -4.92. The van der Waals surface area contributed by atoms with Gasteiger partial charge >= 0.3 is 12.4 Å². The number of carbonyl (C=O) groups excluding carboxylic acids is 2. The molecule has 1 aliphatic heterocycles. The highest BCUT2D eigenvalue weighted by Gasteiger charge is 2.41. The van der Waals surface area contributed by atoms with Crippen LogP contribution in [0.15, 0.2) is 18.2 Å². The molecular weight excluding hydrogens is 434 g/mol. The Morgan fingerprint density at radius 2 is 1.97 bits per heavy atom. The van der Waals surface area contributed by atoms with Crippen molar-refractivity contribution >= 4 is 11.9 Å². The standard InChI is InChI=1S/C21H27F4N3O4/c1-2-19(30)27-10-13(12-29)7-16(11-27)28(15-4-5-15)20(31)26-9-14-3-6-17(8-18(14)22)32-21(23,24)25/h3,6,8,13,15-16,29H,2,4-5,7,9-12H2,1H3,(H,26,31). The van der Waals surface area contributed by atoms with E-state index in [1.54, 1.807) is 16.7 Å². The normalized spacial score (nSPS) is 21.2. The zero-order chi connectivity index (χ0) is 23.5. The van der Waals surface area contributed by atoms with Crippen LogP contribution in [0, 0.1) is 11.7 Å². The van der Waals surface area contributed by atoms with Crippen LogP contribution in [0.5, 0.6) is 5.75 Å². The van der Waals surface area contributed by atoms with Gasteiger partial charge in [-0.15, -0.1) is 13.2 Å². The summed E-state index contributed by atoms with van der Waals surface area (Å²) in [5.41, 5.74) is 0.0169. The first-order chi connectivity index (χ1) is 15.1. The van der Waals surface area contributed by atoms with Crippen LogP contribution in [-0.4, -0.2) is 65.0 Å². The molecule has 1 aromatic carbocycles. The molecule has 3 rings (SSSR count). The van der Waals surface area contributed by atoms with Gasteiger partial charge in [0.05, 0.1) is 6.04 Å². The van der Waals surface area contributed by atoms with Gasteiger partial charge in [-0.3, -0.25) is 4.79 Å². The van der Waals surface area contributed by atoms with Crippen LogP contribution in [0.1, 0.15) is 38.2 Å². The van der Waals surface area contributed by atoms with Crippen LogP contribution in [0.25, 0.3) is 0 Å². The van der Waals surface area contributed by atoms with Crippen LogP contribution in [-0.2, 0) is 11.3 Å². The van der Waals surface area contributed by atoms with Crippen molar-refractivity contribution in [1.82, 2.24) is 15.1 Å². The lowest BCUT2D eigenvalue weighted by atomic mass is 9.93. The van der Waals surface area contributed by atoms with Gasteiger partial charge in [-0.05, 0) is 25.3 Å². The second-order valence-electron chi connectivity index (χ2n) is 8.19. The maximum absolute atomic E-state index is 14.2. The number of ether oxygens (including phenoxy) is 1. The maximum Gasteiger partial charge on any atom is 0.573 e. The molecule has 2 atom stereocenters. The number of benzene rings is 1. The Morgan fingerprint density at radius 3 is 2.53 bits per heavy atom. The van der Waals surface area contributed by atoms with Gasteiger partial charge in [0.2, 0.25) is 5.91 Å². The number of alkyl halides is 3. The van der Waals surface area contributed by atoms with Gasteiger partial charge in [-0.1, -0.05) is 13.0 Å². The summed E-state index contributed by atoms with van der Waals surface area (Å²) in [6.45, 7) is 2.25. The van der Waals surface area contributed by atoms with E-state index in [2.05, 4.69) is 10.1 Å². The number of carbonyl (C=O) groups is 2. The van der Waals surface area contributed by atoms with E-state index in [0.29, 0.717) is 32.0 Å². The van der Waals surface area contributed by atoms with Crippen molar-refractivity contribution in [2.24, 2.45) is 5.92 Å². The Bertz CT molecular complexity index is 832. The number of nitrogens with one attached hydrogen (secondary N) is 1.